The molecule has 1 amide bonds. The van der Waals surface area contributed by atoms with E-state index < -0.39 is 0 Å². The summed E-state index contributed by atoms with van der Waals surface area (Å²) in [4.78, 5) is 12.1. The van der Waals surface area contributed by atoms with Crippen LogP contribution in [0.3, 0.4) is 0 Å². The van der Waals surface area contributed by atoms with Crippen LogP contribution in [0.25, 0.3) is 0 Å². The van der Waals surface area contributed by atoms with Gasteiger partial charge in [0.2, 0.25) is 0 Å². The largest absolute Gasteiger partial charge is 0.393 e. The van der Waals surface area contributed by atoms with Crippen molar-refractivity contribution < 1.29 is 9.90 Å². The lowest BCUT2D eigenvalue weighted by Crippen LogP contribution is -2.33. The third-order valence-electron chi connectivity index (χ3n) is 4.08. The number of benzene rings is 1. The third-order valence-corrected chi connectivity index (χ3v) is 4.08. The van der Waals surface area contributed by atoms with E-state index in [1.807, 2.05) is 32.0 Å². The van der Waals surface area contributed by atoms with Crippen LogP contribution in [0, 0.1) is 19.8 Å². The molecule has 0 spiro atoms. The molecule has 0 heterocycles. The predicted octanol–water partition coefficient (Wildman–Crippen LogP) is 2.58. The standard InChI is InChI=1S/C16H23NO2/c1-11-6-7-14(8-12(11)2)16(19)17-10-13-4-3-5-15(18)9-13/h6-8,13,15,18H,3-5,9-10H2,1-2H3,(H,17,19)/t13-,15-/m0/s1. The Bertz CT molecular complexity index is 456. The van der Waals surface area contributed by atoms with Crippen molar-refractivity contribution in [3.05, 3.63) is 34.9 Å². The van der Waals surface area contributed by atoms with Crippen molar-refractivity contribution in [3.8, 4) is 0 Å². The van der Waals surface area contributed by atoms with E-state index in [1.54, 1.807) is 0 Å². The molecular weight excluding hydrogens is 238 g/mol. The summed E-state index contributed by atoms with van der Waals surface area (Å²) in [5.74, 6) is 0.405. The van der Waals surface area contributed by atoms with E-state index in [2.05, 4.69) is 5.32 Å². The van der Waals surface area contributed by atoms with Crippen LogP contribution in [0.5, 0.6) is 0 Å². The maximum Gasteiger partial charge on any atom is 0.251 e. The van der Waals surface area contributed by atoms with E-state index >= 15 is 0 Å². The molecule has 0 saturated heterocycles. The number of aryl methyl sites for hydroxylation is 2. The highest BCUT2D eigenvalue weighted by molar-refractivity contribution is 5.94. The predicted molar refractivity (Wildman–Crippen MR) is 76.2 cm³/mol. The molecule has 1 saturated carbocycles. The van der Waals surface area contributed by atoms with E-state index in [0.717, 1.165) is 36.8 Å². The van der Waals surface area contributed by atoms with Crippen molar-refractivity contribution in [3.63, 3.8) is 0 Å². The summed E-state index contributed by atoms with van der Waals surface area (Å²) < 4.78 is 0. The average molecular weight is 261 g/mol. The number of carbonyl (C=O) groups excluding carboxylic acids is 1. The van der Waals surface area contributed by atoms with Crippen molar-refractivity contribution >= 4 is 5.91 Å². The molecule has 3 heteroatoms. The van der Waals surface area contributed by atoms with E-state index in [9.17, 15) is 9.90 Å². The number of aliphatic hydroxyl groups excluding tert-OH is 1. The molecule has 3 nitrogen and oxygen atoms in total. The minimum atomic E-state index is -0.183. The van der Waals surface area contributed by atoms with Crippen molar-refractivity contribution in [2.75, 3.05) is 6.54 Å². The summed E-state index contributed by atoms with van der Waals surface area (Å²) in [5, 5.41) is 12.6. The highest BCUT2D eigenvalue weighted by Crippen LogP contribution is 2.23. The van der Waals surface area contributed by atoms with Gasteiger partial charge in [-0.05, 0) is 62.3 Å². The molecule has 2 N–H and O–H groups in total. The maximum atomic E-state index is 12.1. The number of rotatable bonds is 3. The Morgan fingerprint density at radius 3 is 2.79 bits per heavy atom. The molecule has 1 fully saturated rings. The lowest BCUT2D eigenvalue weighted by atomic mass is 9.87. The van der Waals surface area contributed by atoms with Crippen LogP contribution in [0.15, 0.2) is 18.2 Å². The third kappa shape index (κ3) is 3.80. The van der Waals surface area contributed by atoms with E-state index in [1.165, 1.54) is 5.56 Å². The van der Waals surface area contributed by atoms with Crippen LogP contribution in [0.1, 0.15) is 47.2 Å². The SMILES string of the molecule is Cc1ccc(C(=O)NC[C@H]2CCC[C@H](O)C2)cc1C. The zero-order chi connectivity index (χ0) is 13.8. The summed E-state index contributed by atoms with van der Waals surface area (Å²) in [6.45, 7) is 4.73. The van der Waals surface area contributed by atoms with Gasteiger partial charge < -0.3 is 10.4 Å². The Balaban J connectivity index is 1.88. The minimum absolute atomic E-state index is 0.0110. The lowest BCUT2D eigenvalue weighted by molar-refractivity contribution is 0.0874. The maximum absolute atomic E-state index is 12.1. The van der Waals surface area contributed by atoms with Gasteiger partial charge in [0.15, 0.2) is 0 Å². The number of aliphatic hydroxyl groups is 1. The van der Waals surface area contributed by atoms with Gasteiger partial charge >= 0.3 is 0 Å². The second kappa shape index (κ2) is 6.20. The van der Waals surface area contributed by atoms with Gasteiger partial charge in [-0.3, -0.25) is 4.79 Å². The molecule has 0 unspecified atom stereocenters. The van der Waals surface area contributed by atoms with Crippen LogP contribution in [0.4, 0.5) is 0 Å². The van der Waals surface area contributed by atoms with Gasteiger partial charge in [-0.2, -0.15) is 0 Å². The molecule has 19 heavy (non-hydrogen) atoms. The molecule has 2 atom stereocenters. The van der Waals surface area contributed by atoms with Gasteiger partial charge in [0, 0.05) is 12.1 Å². The minimum Gasteiger partial charge on any atom is -0.393 e. The van der Waals surface area contributed by atoms with Gasteiger partial charge in [-0.15, -0.1) is 0 Å². The van der Waals surface area contributed by atoms with Gasteiger partial charge in [0.05, 0.1) is 6.10 Å². The normalized spacial score (nSPS) is 23.1. The Morgan fingerprint density at radius 2 is 2.11 bits per heavy atom. The number of hydrogen-bond donors (Lipinski definition) is 2. The molecule has 1 aliphatic rings. The number of hydrogen-bond acceptors (Lipinski definition) is 2. The summed E-state index contributed by atoms with van der Waals surface area (Å²) in [7, 11) is 0. The van der Waals surface area contributed by atoms with Crippen molar-refractivity contribution in [1.82, 2.24) is 5.32 Å². The van der Waals surface area contributed by atoms with Crippen LogP contribution in [-0.2, 0) is 0 Å². The van der Waals surface area contributed by atoms with Crippen molar-refractivity contribution in [2.45, 2.75) is 45.6 Å². The first-order valence-electron chi connectivity index (χ1n) is 7.10. The fraction of sp³-hybridized carbons (Fsp3) is 0.562. The topological polar surface area (TPSA) is 49.3 Å². The summed E-state index contributed by atoms with van der Waals surface area (Å²) in [5.41, 5.74) is 3.06. The lowest BCUT2D eigenvalue weighted by Gasteiger charge is -2.25. The Labute approximate surface area is 115 Å². The van der Waals surface area contributed by atoms with Crippen LogP contribution in [0.2, 0.25) is 0 Å². The fourth-order valence-corrected chi connectivity index (χ4v) is 2.67. The van der Waals surface area contributed by atoms with Gasteiger partial charge in [-0.25, -0.2) is 0 Å². The summed E-state index contributed by atoms with van der Waals surface area (Å²) in [6, 6.07) is 5.78. The number of nitrogens with one attached hydrogen (secondary N) is 1. The van der Waals surface area contributed by atoms with Crippen molar-refractivity contribution in [1.29, 1.82) is 0 Å². The molecule has 0 radical (unpaired) electrons. The monoisotopic (exact) mass is 261 g/mol. The fourth-order valence-electron chi connectivity index (χ4n) is 2.67. The first-order chi connectivity index (χ1) is 9.06. The first kappa shape index (κ1) is 14.1. The second-order valence-electron chi connectivity index (χ2n) is 5.70. The zero-order valence-corrected chi connectivity index (χ0v) is 11.8. The van der Waals surface area contributed by atoms with Crippen LogP contribution >= 0.6 is 0 Å². The molecule has 0 aromatic heterocycles. The Morgan fingerprint density at radius 1 is 1.32 bits per heavy atom. The Hall–Kier alpha value is -1.35. The molecular formula is C16H23NO2. The summed E-state index contributed by atoms with van der Waals surface area (Å²) in [6.07, 6.45) is 3.70. The smallest absolute Gasteiger partial charge is 0.251 e. The quantitative estimate of drug-likeness (QED) is 0.878. The molecule has 0 aliphatic heterocycles. The van der Waals surface area contributed by atoms with Crippen LogP contribution < -0.4 is 5.32 Å². The molecule has 1 aliphatic carbocycles. The van der Waals surface area contributed by atoms with E-state index in [0.29, 0.717) is 12.5 Å². The Kier molecular flexibility index (Phi) is 4.59. The molecule has 0 bridgehead atoms. The van der Waals surface area contributed by atoms with Crippen LogP contribution in [-0.4, -0.2) is 23.7 Å². The highest BCUT2D eigenvalue weighted by atomic mass is 16.3. The highest BCUT2D eigenvalue weighted by Gasteiger charge is 2.20. The molecule has 1 aromatic carbocycles. The van der Waals surface area contributed by atoms with Gasteiger partial charge in [0.25, 0.3) is 5.91 Å². The van der Waals surface area contributed by atoms with E-state index in [-0.39, 0.29) is 12.0 Å². The van der Waals surface area contributed by atoms with E-state index in [4.69, 9.17) is 0 Å². The molecule has 104 valence electrons. The van der Waals surface area contributed by atoms with Crippen molar-refractivity contribution in [2.24, 2.45) is 5.92 Å². The van der Waals surface area contributed by atoms with Gasteiger partial charge in [0.1, 0.15) is 0 Å². The number of amides is 1. The molecule has 1 aromatic rings. The second-order valence-corrected chi connectivity index (χ2v) is 5.70. The van der Waals surface area contributed by atoms with Gasteiger partial charge in [-0.1, -0.05) is 12.5 Å². The summed E-state index contributed by atoms with van der Waals surface area (Å²) >= 11 is 0. The zero-order valence-electron chi connectivity index (χ0n) is 11.8. The first-order valence-corrected chi connectivity index (χ1v) is 7.10. The number of carbonyl (C=O) groups is 1. The molecule has 2 rings (SSSR count). The average Bonchev–Trinajstić information content (AvgIpc) is 2.39.